The third-order valence-electron chi connectivity index (χ3n) is 3.30. The number of hydrogen-bond donors (Lipinski definition) is 2. The van der Waals surface area contributed by atoms with Gasteiger partial charge in [-0.3, -0.25) is 4.79 Å². The molecule has 1 heterocycles. The Hall–Kier alpha value is -0.610. The van der Waals surface area contributed by atoms with Crippen molar-refractivity contribution in [1.29, 1.82) is 0 Å². The molecule has 4 heteroatoms. The van der Waals surface area contributed by atoms with Crippen LogP contribution in [0.2, 0.25) is 0 Å². The summed E-state index contributed by atoms with van der Waals surface area (Å²) in [6.45, 7) is 3.60. The summed E-state index contributed by atoms with van der Waals surface area (Å²) in [7, 11) is 0. The number of nitrogens with zero attached hydrogens (tertiary/aromatic N) is 1. The maximum absolute atomic E-state index is 12.0. The summed E-state index contributed by atoms with van der Waals surface area (Å²) in [5, 5.41) is 3.28. The van der Waals surface area contributed by atoms with Gasteiger partial charge in [-0.2, -0.15) is 0 Å². The van der Waals surface area contributed by atoms with E-state index in [0.717, 1.165) is 51.9 Å². The normalized spacial score (nSPS) is 26.5. The van der Waals surface area contributed by atoms with Gasteiger partial charge in [-0.05, 0) is 32.2 Å². The van der Waals surface area contributed by atoms with Crippen molar-refractivity contribution in [3.8, 4) is 0 Å². The van der Waals surface area contributed by atoms with E-state index in [4.69, 9.17) is 5.73 Å². The van der Waals surface area contributed by atoms with Crippen LogP contribution < -0.4 is 11.1 Å². The molecule has 0 bridgehead atoms. The van der Waals surface area contributed by atoms with Crippen LogP contribution in [0.25, 0.3) is 0 Å². The first-order valence-corrected chi connectivity index (χ1v) is 5.51. The van der Waals surface area contributed by atoms with Gasteiger partial charge in [0.2, 0.25) is 5.91 Å². The second-order valence-corrected chi connectivity index (χ2v) is 4.41. The number of carbonyl (C=O) groups excluding carboxylic acids is 1. The fourth-order valence-electron chi connectivity index (χ4n) is 2.14. The van der Waals surface area contributed by atoms with Crippen molar-refractivity contribution >= 4 is 5.91 Å². The van der Waals surface area contributed by atoms with Gasteiger partial charge in [0.1, 0.15) is 0 Å². The van der Waals surface area contributed by atoms with Crippen LogP contribution in [-0.2, 0) is 4.79 Å². The van der Waals surface area contributed by atoms with Crippen LogP contribution in [0.1, 0.15) is 25.7 Å². The van der Waals surface area contributed by atoms with Gasteiger partial charge in [0.05, 0.1) is 5.54 Å². The first kappa shape index (κ1) is 9.93. The highest BCUT2D eigenvalue weighted by Gasteiger charge is 2.42. The van der Waals surface area contributed by atoms with E-state index in [2.05, 4.69) is 5.32 Å². The second kappa shape index (κ2) is 3.87. The minimum absolute atomic E-state index is 0.174. The zero-order chi connectivity index (χ0) is 10.0. The summed E-state index contributed by atoms with van der Waals surface area (Å²) >= 11 is 0. The summed E-state index contributed by atoms with van der Waals surface area (Å²) in [6, 6.07) is 0. The summed E-state index contributed by atoms with van der Waals surface area (Å²) in [6.07, 6.45) is 3.89. The molecule has 14 heavy (non-hydrogen) atoms. The van der Waals surface area contributed by atoms with Crippen molar-refractivity contribution in [1.82, 2.24) is 10.2 Å². The first-order valence-electron chi connectivity index (χ1n) is 5.51. The van der Waals surface area contributed by atoms with Gasteiger partial charge in [0, 0.05) is 19.6 Å². The molecule has 0 atom stereocenters. The maximum Gasteiger partial charge on any atom is 0.242 e. The molecular formula is C10H19N3O. The summed E-state index contributed by atoms with van der Waals surface area (Å²) < 4.78 is 0. The zero-order valence-corrected chi connectivity index (χ0v) is 8.59. The number of nitrogens with two attached hydrogens (primary N) is 1. The minimum Gasteiger partial charge on any atom is -0.340 e. The predicted molar refractivity (Wildman–Crippen MR) is 54.8 cm³/mol. The van der Waals surface area contributed by atoms with Gasteiger partial charge in [0.15, 0.2) is 0 Å². The van der Waals surface area contributed by atoms with Gasteiger partial charge in [-0.25, -0.2) is 0 Å². The fourth-order valence-corrected chi connectivity index (χ4v) is 2.14. The van der Waals surface area contributed by atoms with Crippen LogP contribution in [0.15, 0.2) is 0 Å². The van der Waals surface area contributed by atoms with Gasteiger partial charge >= 0.3 is 0 Å². The van der Waals surface area contributed by atoms with E-state index in [1.54, 1.807) is 0 Å². The molecule has 1 saturated carbocycles. The zero-order valence-electron chi connectivity index (χ0n) is 8.59. The average molecular weight is 197 g/mol. The average Bonchev–Trinajstić information content (AvgIpc) is 2.41. The number of carbonyl (C=O) groups is 1. The molecule has 1 aliphatic heterocycles. The van der Waals surface area contributed by atoms with Gasteiger partial charge < -0.3 is 16.0 Å². The molecule has 0 spiro atoms. The molecule has 0 aromatic rings. The topological polar surface area (TPSA) is 58.4 Å². The van der Waals surface area contributed by atoms with Crippen LogP contribution in [0.3, 0.4) is 0 Å². The van der Waals surface area contributed by atoms with Crippen molar-refractivity contribution in [2.45, 2.75) is 31.2 Å². The highest BCUT2D eigenvalue weighted by Crippen LogP contribution is 2.30. The standard InChI is InChI=1S/C10H19N3O/c11-10(3-1-4-10)9(14)13-7-2-5-12-6-8-13/h12H,1-8,11H2. The number of amides is 1. The Labute approximate surface area is 84.8 Å². The lowest BCUT2D eigenvalue weighted by Gasteiger charge is -2.40. The third kappa shape index (κ3) is 1.77. The molecule has 2 fully saturated rings. The first-order chi connectivity index (χ1) is 6.72. The summed E-state index contributed by atoms with van der Waals surface area (Å²) in [4.78, 5) is 14.0. The van der Waals surface area contributed by atoms with E-state index in [-0.39, 0.29) is 5.91 Å². The Morgan fingerprint density at radius 1 is 1.21 bits per heavy atom. The largest absolute Gasteiger partial charge is 0.340 e. The maximum atomic E-state index is 12.0. The number of rotatable bonds is 1. The van der Waals surface area contributed by atoms with E-state index in [9.17, 15) is 4.79 Å². The lowest BCUT2D eigenvalue weighted by atomic mass is 9.76. The van der Waals surface area contributed by atoms with Crippen LogP contribution in [0, 0.1) is 0 Å². The molecule has 1 amide bonds. The second-order valence-electron chi connectivity index (χ2n) is 4.41. The van der Waals surface area contributed by atoms with E-state index in [1.807, 2.05) is 4.90 Å². The lowest BCUT2D eigenvalue weighted by molar-refractivity contribution is -0.139. The molecule has 1 saturated heterocycles. The van der Waals surface area contributed by atoms with Crippen molar-refractivity contribution in [3.63, 3.8) is 0 Å². The molecule has 3 N–H and O–H groups in total. The lowest BCUT2D eigenvalue weighted by Crippen LogP contribution is -2.60. The highest BCUT2D eigenvalue weighted by atomic mass is 16.2. The molecule has 2 aliphatic rings. The predicted octanol–water partition coefficient (Wildman–Crippen LogP) is -0.310. The molecule has 1 aliphatic carbocycles. The third-order valence-corrected chi connectivity index (χ3v) is 3.30. The van der Waals surface area contributed by atoms with Crippen LogP contribution in [0.5, 0.6) is 0 Å². The SMILES string of the molecule is NC1(C(=O)N2CCCNCC2)CCC1. The smallest absolute Gasteiger partial charge is 0.242 e. The van der Waals surface area contributed by atoms with Gasteiger partial charge in [-0.1, -0.05) is 0 Å². The van der Waals surface area contributed by atoms with Crippen LogP contribution in [0.4, 0.5) is 0 Å². The monoisotopic (exact) mass is 197 g/mol. The minimum atomic E-state index is -0.510. The Morgan fingerprint density at radius 3 is 2.64 bits per heavy atom. The molecule has 0 aromatic carbocycles. The number of nitrogens with one attached hydrogen (secondary N) is 1. The van der Waals surface area contributed by atoms with E-state index >= 15 is 0 Å². The molecule has 80 valence electrons. The van der Waals surface area contributed by atoms with Crippen molar-refractivity contribution < 1.29 is 4.79 Å². The molecule has 0 radical (unpaired) electrons. The molecular weight excluding hydrogens is 178 g/mol. The van der Waals surface area contributed by atoms with Crippen LogP contribution in [-0.4, -0.2) is 42.5 Å². The Bertz CT molecular complexity index is 217. The molecule has 2 rings (SSSR count). The fraction of sp³-hybridized carbons (Fsp3) is 0.900. The van der Waals surface area contributed by atoms with Gasteiger partial charge in [0.25, 0.3) is 0 Å². The Kier molecular flexibility index (Phi) is 2.74. The molecule has 0 unspecified atom stereocenters. The van der Waals surface area contributed by atoms with Crippen molar-refractivity contribution in [2.24, 2.45) is 5.73 Å². The quantitative estimate of drug-likeness (QED) is 0.606. The van der Waals surface area contributed by atoms with Crippen molar-refractivity contribution in [3.05, 3.63) is 0 Å². The van der Waals surface area contributed by atoms with Crippen LogP contribution >= 0.6 is 0 Å². The molecule has 0 aromatic heterocycles. The Morgan fingerprint density at radius 2 is 2.00 bits per heavy atom. The number of hydrogen-bond acceptors (Lipinski definition) is 3. The molecule has 4 nitrogen and oxygen atoms in total. The summed E-state index contributed by atoms with van der Waals surface area (Å²) in [5.41, 5.74) is 5.51. The Balaban J connectivity index is 1.95. The summed E-state index contributed by atoms with van der Waals surface area (Å²) in [5.74, 6) is 0.174. The van der Waals surface area contributed by atoms with Gasteiger partial charge in [-0.15, -0.1) is 0 Å². The van der Waals surface area contributed by atoms with E-state index < -0.39 is 5.54 Å². The van der Waals surface area contributed by atoms with E-state index in [0.29, 0.717) is 0 Å². The van der Waals surface area contributed by atoms with Crippen molar-refractivity contribution in [2.75, 3.05) is 26.2 Å². The van der Waals surface area contributed by atoms with E-state index in [1.165, 1.54) is 0 Å². The highest BCUT2D eigenvalue weighted by molar-refractivity contribution is 5.87.